The largest absolute Gasteiger partial charge is 0.143 e. The van der Waals surface area contributed by atoms with Gasteiger partial charge in [0.2, 0.25) is 0 Å². The van der Waals surface area contributed by atoms with Crippen LogP contribution in [-0.2, 0) is 0 Å². The van der Waals surface area contributed by atoms with Gasteiger partial charge in [-0.15, -0.1) is 25.3 Å². The molecule has 0 atom stereocenters. The summed E-state index contributed by atoms with van der Waals surface area (Å²) in [6.07, 6.45) is 0. The smallest absolute Gasteiger partial charge is 0.00461 e. The maximum Gasteiger partial charge on any atom is 0.00461 e. The molecule has 0 unspecified atom stereocenters. The Morgan fingerprint density at radius 1 is 0.267 bits per heavy atom. The third-order valence-electron chi connectivity index (χ3n) is 8.23. The van der Waals surface area contributed by atoms with Gasteiger partial charge in [-0.1, -0.05) is 109 Å². The molecule has 7 rings (SSSR count). The molecule has 7 aromatic rings. The molecule has 0 heterocycles. The number of hydrogen-bond acceptors (Lipinski definition) is 2. The van der Waals surface area contributed by atoms with E-state index in [-0.39, 0.29) is 0 Å². The van der Waals surface area contributed by atoms with Crippen LogP contribution in [-0.4, -0.2) is 0 Å². The van der Waals surface area contributed by atoms with Crippen molar-refractivity contribution in [2.45, 2.75) is 16.7 Å². The van der Waals surface area contributed by atoms with Crippen LogP contribution >= 0.6 is 25.3 Å². The Kier molecular flexibility index (Phi) is 8.17. The monoisotopic (exact) mass is 612 g/mol. The van der Waals surface area contributed by atoms with Gasteiger partial charge in [0.25, 0.3) is 0 Å². The van der Waals surface area contributed by atoms with E-state index in [1.807, 2.05) is 12.1 Å². The van der Waals surface area contributed by atoms with Gasteiger partial charge in [0.15, 0.2) is 0 Å². The van der Waals surface area contributed by atoms with Crippen molar-refractivity contribution in [2.24, 2.45) is 0 Å². The molecule has 0 fully saturated rings. The van der Waals surface area contributed by atoms with Crippen LogP contribution in [0.5, 0.6) is 0 Å². The molecule has 7 aromatic carbocycles. The molecule has 0 aliphatic carbocycles. The van der Waals surface area contributed by atoms with E-state index >= 15 is 0 Å². The topological polar surface area (TPSA) is 0 Å². The Balaban J connectivity index is 1.38. The molecule has 0 radical (unpaired) electrons. The fourth-order valence-corrected chi connectivity index (χ4v) is 6.41. The Morgan fingerprint density at radius 3 is 0.844 bits per heavy atom. The quantitative estimate of drug-likeness (QED) is 0.172. The van der Waals surface area contributed by atoms with Gasteiger partial charge in [-0.2, -0.15) is 0 Å². The second kappa shape index (κ2) is 12.7. The van der Waals surface area contributed by atoms with Gasteiger partial charge in [-0.25, -0.2) is 0 Å². The molecule has 0 amide bonds. The van der Waals surface area contributed by atoms with Gasteiger partial charge >= 0.3 is 0 Å². The maximum absolute atomic E-state index is 4.58. The minimum atomic E-state index is 0.957. The SMILES string of the molecule is Cc1cccc(-c2cccc(-c3cc(-c4cccc(-c5cccc(S)c5)c4)cc(-c4cccc(-c5cccc(S)c5)c4)c3)c2)c1. The first kappa shape index (κ1) is 29.0. The van der Waals surface area contributed by atoms with Crippen molar-refractivity contribution >= 4 is 25.3 Å². The van der Waals surface area contributed by atoms with Crippen molar-refractivity contribution in [3.63, 3.8) is 0 Å². The van der Waals surface area contributed by atoms with E-state index < -0.39 is 0 Å². The lowest BCUT2D eigenvalue weighted by Gasteiger charge is -2.14. The normalized spacial score (nSPS) is 11.0. The summed E-state index contributed by atoms with van der Waals surface area (Å²) in [4.78, 5) is 1.91. The Morgan fingerprint density at radius 2 is 0.511 bits per heavy atom. The lowest BCUT2D eigenvalue weighted by molar-refractivity contribution is 1.46. The molecule has 0 aromatic heterocycles. The number of thiol groups is 2. The van der Waals surface area contributed by atoms with Gasteiger partial charge in [0.1, 0.15) is 0 Å². The van der Waals surface area contributed by atoms with Gasteiger partial charge in [-0.3, -0.25) is 0 Å². The van der Waals surface area contributed by atoms with Crippen LogP contribution in [0, 0.1) is 6.92 Å². The van der Waals surface area contributed by atoms with Crippen LogP contribution in [0.1, 0.15) is 5.56 Å². The van der Waals surface area contributed by atoms with Crippen molar-refractivity contribution in [2.75, 3.05) is 0 Å². The minimum absolute atomic E-state index is 0.957. The van der Waals surface area contributed by atoms with E-state index in [9.17, 15) is 0 Å². The summed E-state index contributed by atoms with van der Waals surface area (Å²) in [7, 11) is 0. The van der Waals surface area contributed by atoms with Crippen molar-refractivity contribution < 1.29 is 0 Å². The van der Waals surface area contributed by atoms with Crippen molar-refractivity contribution in [3.8, 4) is 66.8 Å². The predicted octanol–water partition coefficient (Wildman–Crippen LogP) is 12.6. The first-order valence-electron chi connectivity index (χ1n) is 15.1. The summed E-state index contributed by atoms with van der Waals surface area (Å²) in [6.45, 7) is 2.14. The van der Waals surface area contributed by atoms with E-state index in [1.165, 1.54) is 61.2 Å². The van der Waals surface area contributed by atoms with E-state index in [0.29, 0.717) is 0 Å². The highest BCUT2D eigenvalue weighted by Gasteiger charge is 2.11. The van der Waals surface area contributed by atoms with Gasteiger partial charge in [0.05, 0.1) is 0 Å². The van der Waals surface area contributed by atoms with Crippen LogP contribution < -0.4 is 0 Å². The number of hydrogen-bond donors (Lipinski definition) is 2. The molecular formula is C43H32S2. The van der Waals surface area contributed by atoms with Crippen LogP contribution in [0.3, 0.4) is 0 Å². The fraction of sp³-hybridized carbons (Fsp3) is 0.0233. The molecule has 45 heavy (non-hydrogen) atoms. The lowest BCUT2D eigenvalue weighted by Crippen LogP contribution is -1.89. The first-order valence-corrected chi connectivity index (χ1v) is 16.0. The zero-order chi connectivity index (χ0) is 30.8. The van der Waals surface area contributed by atoms with Crippen molar-refractivity contribution in [3.05, 3.63) is 169 Å². The van der Waals surface area contributed by atoms with Gasteiger partial charge < -0.3 is 0 Å². The van der Waals surface area contributed by atoms with E-state index in [4.69, 9.17) is 0 Å². The third kappa shape index (κ3) is 6.54. The average molecular weight is 613 g/mol. The Labute approximate surface area is 276 Å². The van der Waals surface area contributed by atoms with Crippen LogP contribution in [0.25, 0.3) is 66.8 Å². The Hall–Kier alpha value is -4.76. The summed E-state index contributed by atoms with van der Waals surface area (Å²) >= 11 is 9.17. The fourth-order valence-electron chi connectivity index (χ4n) is 5.96. The molecule has 0 aliphatic heterocycles. The second-order valence-corrected chi connectivity index (χ2v) is 12.5. The van der Waals surface area contributed by atoms with E-state index in [2.05, 4.69) is 184 Å². The second-order valence-electron chi connectivity index (χ2n) is 11.5. The number of aryl methyl sites for hydroxylation is 1. The van der Waals surface area contributed by atoms with Crippen LogP contribution in [0.4, 0.5) is 0 Å². The molecule has 216 valence electrons. The molecule has 0 aliphatic rings. The first-order chi connectivity index (χ1) is 22.0. The highest BCUT2D eigenvalue weighted by Crippen LogP contribution is 2.37. The number of benzene rings is 7. The summed E-state index contributed by atoms with van der Waals surface area (Å²) in [5.74, 6) is 0. The van der Waals surface area contributed by atoms with Crippen LogP contribution in [0.15, 0.2) is 174 Å². The van der Waals surface area contributed by atoms with E-state index in [0.717, 1.165) is 20.9 Å². The van der Waals surface area contributed by atoms with Crippen molar-refractivity contribution in [1.29, 1.82) is 0 Å². The highest BCUT2D eigenvalue weighted by atomic mass is 32.1. The Bertz CT molecular complexity index is 1900. The summed E-state index contributed by atoms with van der Waals surface area (Å²) < 4.78 is 0. The minimum Gasteiger partial charge on any atom is -0.143 e. The maximum atomic E-state index is 4.58. The molecule has 0 nitrogen and oxygen atoms in total. The molecule has 0 saturated carbocycles. The molecule has 0 spiro atoms. The van der Waals surface area contributed by atoms with Crippen molar-refractivity contribution in [1.82, 2.24) is 0 Å². The highest BCUT2D eigenvalue weighted by molar-refractivity contribution is 7.80. The summed E-state index contributed by atoms with van der Waals surface area (Å²) in [6, 6.07) is 58.8. The third-order valence-corrected chi connectivity index (χ3v) is 8.79. The standard InChI is InChI=1S/C43H32S2/c1-29-8-2-9-30(20-29)31-10-3-13-34(21-31)39-24-40(35-14-4-11-32(22-35)37-16-6-18-42(44)27-37)26-41(25-39)36-15-5-12-33(23-36)38-17-7-19-43(45)28-38/h2-28,44-45H,1H3. The van der Waals surface area contributed by atoms with Crippen LogP contribution in [0.2, 0.25) is 0 Å². The summed E-state index contributed by atoms with van der Waals surface area (Å²) in [5, 5.41) is 0. The summed E-state index contributed by atoms with van der Waals surface area (Å²) in [5.41, 5.74) is 15.4. The zero-order valence-corrected chi connectivity index (χ0v) is 26.8. The molecule has 2 heteroatoms. The molecular weight excluding hydrogens is 581 g/mol. The molecule has 0 saturated heterocycles. The molecule has 0 N–H and O–H groups in total. The van der Waals surface area contributed by atoms with E-state index in [1.54, 1.807) is 0 Å². The zero-order valence-electron chi connectivity index (χ0n) is 25.0. The van der Waals surface area contributed by atoms with Gasteiger partial charge in [-0.05, 0) is 134 Å². The average Bonchev–Trinajstić information content (AvgIpc) is 3.08. The number of rotatable bonds is 6. The lowest BCUT2D eigenvalue weighted by atomic mass is 9.90. The predicted molar refractivity (Wildman–Crippen MR) is 198 cm³/mol. The molecule has 0 bridgehead atoms. The van der Waals surface area contributed by atoms with Gasteiger partial charge in [0, 0.05) is 9.79 Å².